The monoisotopic (exact) mass is 382 g/mol. The predicted molar refractivity (Wildman–Crippen MR) is 87.7 cm³/mol. The Morgan fingerprint density at radius 2 is 1.70 bits per heavy atom. The molecule has 6 nitrogen and oxygen atoms in total. The van der Waals surface area contributed by atoms with Gasteiger partial charge >= 0.3 is 18.3 Å². The first-order valence-corrected chi connectivity index (χ1v) is 7.35. The fraction of sp³-hybridized carbons (Fsp3) is 0.111. The van der Waals surface area contributed by atoms with E-state index >= 15 is 0 Å². The minimum atomic E-state index is -4.90. The number of aliphatic carboxylic acids is 1. The number of hydrogen-bond acceptors (Lipinski definition) is 5. The van der Waals surface area contributed by atoms with Crippen LogP contribution in [0, 0.1) is 0 Å². The van der Waals surface area contributed by atoms with Crippen molar-refractivity contribution in [1.29, 1.82) is 0 Å². The maximum Gasteiger partial charge on any atom is 0.573 e. The van der Waals surface area contributed by atoms with Gasteiger partial charge in [-0.25, -0.2) is 9.59 Å². The van der Waals surface area contributed by atoms with Crippen molar-refractivity contribution in [2.24, 2.45) is 0 Å². The van der Waals surface area contributed by atoms with Crippen LogP contribution in [0.2, 0.25) is 0 Å². The van der Waals surface area contributed by atoms with Crippen LogP contribution in [0.3, 0.4) is 0 Å². The van der Waals surface area contributed by atoms with Gasteiger partial charge in [0.25, 0.3) is 0 Å². The van der Waals surface area contributed by atoms with Crippen molar-refractivity contribution in [2.75, 3.05) is 7.11 Å². The van der Waals surface area contributed by atoms with Gasteiger partial charge in [-0.15, -0.1) is 13.2 Å². The first-order chi connectivity index (χ1) is 12.7. The van der Waals surface area contributed by atoms with Crippen LogP contribution in [0.15, 0.2) is 48.5 Å². The number of esters is 1. The quantitative estimate of drug-likeness (QED) is 0.463. The van der Waals surface area contributed by atoms with Gasteiger partial charge in [-0.3, -0.25) is 0 Å². The Balaban J connectivity index is 2.12. The molecule has 0 unspecified atom stereocenters. The molecule has 0 saturated heterocycles. The molecule has 1 N–H and O–H groups in total. The number of rotatable bonds is 6. The van der Waals surface area contributed by atoms with E-state index in [0.717, 1.165) is 31.4 Å². The first kappa shape index (κ1) is 19.8. The third-order valence-electron chi connectivity index (χ3n) is 3.13. The molecule has 0 amide bonds. The van der Waals surface area contributed by atoms with Crippen LogP contribution in [-0.4, -0.2) is 30.5 Å². The van der Waals surface area contributed by atoms with E-state index < -0.39 is 24.1 Å². The normalized spacial score (nSPS) is 11.3. The average Bonchev–Trinajstić information content (AvgIpc) is 2.60. The average molecular weight is 382 g/mol. The Morgan fingerprint density at radius 3 is 2.26 bits per heavy atom. The molecule has 0 aliphatic heterocycles. The van der Waals surface area contributed by atoms with Crippen LogP contribution in [-0.2, 0) is 4.79 Å². The zero-order chi connectivity index (χ0) is 20.0. The third-order valence-corrected chi connectivity index (χ3v) is 3.13. The number of benzene rings is 2. The van der Waals surface area contributed by atoms with Gasteiger partial charge in [0.15, 0.2) is 11.5 Å². The number of carboxylic acid groups (broad SMARTS) is 1. The van der Waals surface area contributed by atoms with Crippen molar-refractivity contribution < 1.29 is 42.1 Å². The second-order valence-electron chi connectivity index (χ2n) is 5.04. The van der Waals surface area contributed by atoms with Crippen LogP contribution in [0.5, 0.6) is 17.2 Å². The van der Waals surface area contributed by atoms with Gasteiger partial charge < -0.3 is 19.3 Å². The molecule has 142 valence electrons. The lowest BCUT2D eigenvalue weighted by Gasteiger charge is -2.13. The van der Waals surface area contributed by atoms with Gasteiger partial charge in [0.1, 0.15) is 5.75 Å². The number of ether oxygens (including phenoxy) is 3. The fourth-order valence-electron chi connectivity index (χ4n) is 1.98. The molecule has 0 saturated carbocycles. The van der Waals surface area contributed by atoms with Crippen molar-refractivity contribution >= 4 is 18.0 Å². The van der Waals surface area contributed by atoms with E-state index in [1.165, 1.54) is 30.3 Å². The highest BCUT2D eigenvalue weighted by Gasteiger charge is 2.32. The summed E-state index contributed by atoms with van der Waals surface area (Å²) in [7, 11) is 1.14. The molecule has 2 rings (SSSR count). The van der Waals surface area contributed by atoms with Crippen LogP contribution < -0.4 is 14.2 Å². The molecule has 27 heavy (non-hydrogen) atoms. The number of halogens is 3. The van der Waals surface area contributed by atoms with Gasteiger partial charge in [0.2, 0.25) is 0 Å². The number of carbonyl (C=O) groups excluding carboxylic acids is 1. The standard InChI is InChI=1S/C18H13F3O6/c1-25-15-10-12(5-8-14(15)27-18(19,20)21)17(24)26-13-6-2-11(3-7-13)4-9-16(22)23/h2-10H,1H3,(H,22,23). The topological polar surface area (TPSA) is 82.1 Å². The number of alkyl halides is 3. The van der Waals surface area contributed by atoms with Crippen molar-refractivity contribution in [3.63, 3.8) is 0 Å². The summed E-state index contributed by atoms with van der Waals surface area (Å²) in [4.78, 5) is 22.6. The van der Waals surface area contributed by atoms with E-state index in [4.69, 9.17) is 14.6 Å². The minimum absolute atomic E-state index is 0.0452. The summed E-state index contributed by atoms with van der Waals surface area (Å²) in [6, 6.07) is 9.06. The van der Waals surface area contributed by atoms with Gasteiger partial charge in [-0.1, -0.05) is 12.1 Å². The lowest BCUT2D eigenvalue weighted by atomic mass is 10.2. The Hall–Kier alpha value is -3.49. The highest BCUT2D eigenvalue weighted by Crippen LogP contribution is 2.33. The zero-order valence-corrected chi connectivity index (χ0v) is 13.8. The second-order valence-corrected chi connectivity index (χ2v) is 5.04. The minimum Gasteiger partial charge on any atom is -0.493 e. The molecule has 0 aliphatic carbocycles. The van der Waals surface area contributed by atoms with Gasteiger partial charge in [0, 0.05) is 6.08 Å². The maximum absolute atomic E-state index is 12.3. The highest BCUT2D eigenvalue weighted by atomic mass is 19.4. The largest absolute Gasteiger partial charge is 0.573 e. The smallest absolute Gasteiger partial charge is 0.493 e. The van der Waals surface area contributed by atoms with Gasteiger partial charge in [0.05, 0.1) is 12.7 Å². The molecule has 0 aromatic heterocycles. The Kier molecular flexibility index (Phi) is 6.07. The Labute approximate surface area is 151 Å². The lowest BCUT2D eigenvalue weighted by Crippen LogP contribution is -2.18. The number of hydrogen-bond donors (Lipinski definition) is 1. The van der Waals surface area contributed by atoms with Crippen LogP contribution in [0.1, 0.15) is 15.9 Å². The molecule has 0 aliphatic rings. The summed E-state index contributed by atoms with van der Waals surface area (Å²) in [5, 5.41) is 8.56. The highest BCUT2D eigenvalue weighted by molar-refractivity contribution is 5.92. The van der Waals surface area contributed by atoms with Crippen molar-refractivity contribution in [3.8, 4) is 17.2 Å². The van der Waals surface area contributed by atoms with E-state index in [-0.39, 0.29) is 17.1 Å². The van der Waals surface area contributed by atoms with Gasteiger partial charge in [-0.2, -0.15) is 0 Å². The number of carboxylic acids is 1. The van der Waals surface area contributed by atoms with Crippen molar-refractivity contribution in [3.05, 3.63) is 59.7 Å². The molecule has 0 bridgehead atoms. The van der Waals surface area contributed by atoms with E-state index in [2.05, 4.69) is 4.74 Å². The zero-order valence-electron chi connectivity index (χ0n) is 13.8. The van der Waals surface area contributed by atoms with E-state index in [1.807, 2.05) is 0 Å². The summed E-state index contributed by atoms with van der Waals surface area (Å²) < 4.78 is 50.7. The summed E-state index contributed by atoms with van der Waals surface area (Å²) in [6.45, 7) is 0. The molecule has 0 radical (unpaired) electrons. The molecular weight excluding hydrogens is 369 g/mol. The van der Waals surface area contributed by atoms with E-state index in [1.54, 1.807) is 0 Å². The summed E-state index contributed by atoms with van der Waals surface area (Å²) in [6.07, 6.45) is -2.58. The van der Waals surface area contributed by atoms with E-state index in [0.29, 0.717) is 5.56 Å². The molecule has 9 heteroatoms. The lowest BCUT2D eigenvalue weighted by molar-refractivity contribution is -0.275. The summed E-state index contributed by atoms with van der Waals surface area (Å²) in [5.41, 5.74) is 0.531. The SMILES string of the molecule is COc1cc(C(=O)Oc2ccc(C=CC(=O)O)cc2)ccc1OC(F)(F)F. The van der Waals surface area contributed by atoms with Crippen LogP contribution >= 0.6 is 0 Å². The first-order valence-electron chi connectivity index (χ1n) is 7.35. The molecule has 0 fully saturated rings. The molecule has 2 aromatic carbocycles. The number of carbonyl (C=O) groups is 2. The number of methoxy groups -OCH3 is 1. The van der Waals surface area contributed by atoms with Crippen molar-refractivity contribution in [2.45, 2.75) is 6.36 Å². The second kappa shape index (κ2) is 8.26. The summed E-state index contributed by atoms with van der Waals surface area (Å²) >= 11 is 0. The molecule has 2 aromatic rings. The van der Waals surface area contributed by atoms with Crippen LogP contribution in [0.4, 0.5) is 13.2 Å². The molecule has 0 heterocycles. The molecular formula is C18H13F3O6. The Morgan fingerprint density at radius 1 is 1.04 bits per heavy atom. The third kappa shape index (κ3) is 6.07. The predicted octanol–water partition coefficient (Wildman–Crippen LogP) is 3.91. The van der Waals surface area contributed by atoms with Crippen molar-refractivity contribution in [1.82, 2.24) is 0 Å². The van der Waals surface area contributed by atoms with Gasteiger partial charge in [-0.05, 0) is 42.0 Å². The summed E-state index contributed by atoms with van der Waals surface area (Å²) in [5.74, 6) is -2.62. The Bertz CT molecular complexity index is 856. The maximum atomic E-state index is 12.3. The van der Waals surface area contributed by atoms with E-state index in [9.17, 15) is 22.8 Å². The fourth-order valence-corrected chi connectivity index (χ4v) is 1.98. The molecule has 0 atom stereocenters. The van der Waals surface area contributed by atoms with Crippen LogP contribution in [0.25, 0.3) is 6.08 Å². The molecule has 0 spiro atoms.